The van der Waals surface area contributed by atoms with Gasteiger partial charge in [0.2, 0.25) is 5.91 Å². The van der Waals surface area contributed by atoms with Gasteiger partial charge in [-0.2, -0.15) is 0 Å². The van der Waals surface area contributed by atoms with Crippen molar-refractivity contribution in [3.8, 4) is 16.9 Å². The number of benzene rings is 4. The van der Waals surface area contributed by atoms with Crippen molar-refractivity contribution < 1.29 is 18.7 Å². The zero-order chi connectivity index (χ0) is 27.5. The van der Waals surface area contributed by atoms with Gasteiger partial charge in [0.1, 0.15) is 18.2 Å². The van der Waals surface area contributed by atoms with E-state index in [1.807, 2.05) is 43.3 Å². The summed E-state index contributed by atoms with van der Waals surface area (Å²) in [4.78, 5) is 26.7. The van der Waals surface area contributed by atoms with Crippen molar-refractivity contribution in [3.05, 3.63) is 119 Å². The van der Waals surface area contributed by atoms with Crippen LogP contribution in [0.2, 0.25) is 0 Å². The fraction of sp³-hybridized carbons (Fsp3) is 0.188. The lowest BCUT2D eigenvalue weighted by atomic mass is 9.98. The van der Waals surface area contributed by atoms with Crippen molar-refractivity contribution in [3.63, 3.8) is 0 Å². The molecule has 1 aliphatic rings. The summed E-state index contributed by atoms with van der Waals surface area (Å²) in [6.45, 7) is 5.37. The largest absolute Gasteiger partial charge is 0.490 e. The molecule has 0 saturated heterocycles. The van der Waals surface area contributed by atoms with Crippen molar-refractivity contribution in [2.75, 3.05) is 18.1 Å². The maximum absolute atomic E-state index is 14.0. The summed E-state index contributed by atoms with van der Waals surface area (Å²) in [5, 5.41) is 2.95. The lowest BCUT2D eigenvalue weighted by molar-refractivity contribution is 0.0938. The van der Waals surface area contributed by atoms with E-state index in [0.717, 1.165) is 22.4 Å². The molecule has 0 aromatic heterocycles. The van der Waals surface area contributed by atoms with Crippen LogP contribution < -0.4 is 20.7 Å². The van der Waals surface area contributed by atoms with Crippen LogP contribution in [0.5, 0.6) is 5.75 Å². The molecule has 0 aliphatic carbocycles. The molecule has 1 unspecified atom stereocenters. The maximum Gasteiger partial charge on any atom is 0.251 e. The van der Waals surface area contributed by atoms with E-state index in [1.165, 1.54) is 6.07 Å². The molecule has 1 heterocycles. The molecule has 0 radical (unpaired) electrons. The molecular formula is C32H30FN3O3. The number of amides is 2. The number of aryl methyl sites for hydroxylation is 1. The van der Waals surface area contributed by atoms with E-state index < -0.39 is 5.91 Å². The van der Waals surface area contributed by atoms with E-state index >= 15 is 0 Å². The number of fused-ring (bicyclic) bond motifs is 1. The number of carbonyl (C=O) groups is 2. The van der Waals surface area contributed by atoms with E-state index in [-0.39, 0.29) is 17.8 Å². The monoisotopic (exact) mass is 523 g/mol. The normalized spacial score (nSPS) is 13.3. The van der Waals surface area contributed by atoms with Gasteiger partial charge in [0, 0.05) is 17.7 Å². The second-order valence-corrected chi connectivity index (χ2v) is 9.76. The maximum atomic E-state index is 14.0. The molecule has 4 aromatic rings. The number of hydrogen-bond acceptors (Lipinski definition) is 4. The molecule has 0 saturated carbocycles. The standard InChI is InChI=1S/C32H30FN3O3/c1-20-7-8-24(17-28(20)33)21(2)35-32(38)25-13-14-29-30(18-25)39-16-15-36(29)19-26-5-3-4-6-27(26)22-9-11-23(12-10-22)31(34)37/h3-14,17-18,21H,15-16,19H2,1-2H3,(H2,34,37)(H,35,38). The fourth-order valence-electron chi connectivity index (χ4n) is 4.78. The highest BCUT2D eigenvalue weighted by Crippen LogP contribution is 2.35. The van der Waals surface area contributed by atoms with Crippen molar-refractivity contribution in [1.29, 1.82) is 0 Å². The van der Waals surface area contributed by atoms with Crippen LogP contribution in [-0.2, 0) is 6.54 Å². The number of ether oxygens (including phenoxy) is 1. The van der Waals surface area contributed by atoms with E-state index in [9.17, 15) is 14.0 Å². The number of primary amides is 1. The van der Waals surface area contributed by atoms with Crippen molar-refractivity contribution in [2.45, 2.75) is 26.4 Å². The molecular weight excluding hydrogens is 493 g/mol. The third kappa shape index (κ3) is 5.62. The average molecular weight is 524 g/mol. The lowest BCUT2D eigenvalue weighted by Gasteiger charge is -2.32. The summed E-state index contributed by atoms with van der Waals surface area (Å²) >= 11 is 0. The molecule has 39 heavy (non-hydrogen) atoms. The molecule has 6 nitrogen and oxygen atoms in total. The van der Waals surface area contributed by atoms with E-state index in [2.05, 4.69) is 22.3 Å². The summed E-state index contributed by atoms with van der Waals surface area (Å²) < 4.78 is 19.9. The molecule has 198 valence electrons. The van der Waals surface area contributed by atoms with Crippen LogP contribution in [0.25, 0.3) is 11.1 Å². The van der Waals surface area contributed by atoms with Crippen LogP contribution in [0, 0.1) is 12.7 Å². The van der Waals surface area contributed by atoms with Gasteiger partial charge in [-0.1, -0.05) is 48.5 Å². The minimum atomic E-state index is -0.452. The second kappa shape index (κ2) is 11.0. The van der Waals surface area contributed by atoms with Gasteiger partial charge >= 0.3 is 0 Å². The Labute approximate surface area is 227 Å². The highest BCUT2D eigenvalue weighted by molar-refractivity contribution is 5.95. The van der Waals surface area contributed by atoms with Crippen molar-refractivity contribution in [1.82, 2.24) is 5.32 Å². The highest BCUT2D eigenvalue weighted by Gasteiger charge is 2.22. The Morgan fingerprint density at radius 2 is 1.74 bits per heavy atom. The number of carbonyl (C=O) groups excluding carboxylic acids is 2. The number of anilines is 1. The molecule has 7 heteroatoms. The van der Waals surface area contributed by atoms with E-state index in [1.54, 1.807) is 37.3 Å². The molecule has 3 N–H and O–H groups in total. The molecule has 1 aliphatic heterocycles. The van der Waals surface area contributed by atoms with Gasteiger partial charge in [0.05, 0.1) is 18.3 Å². The van der Waals surface area contributed by atoms with E-state index in [0.29, 0.717) is 47.7 Å². The summed E-state index contributed by atoms with van der Waals surface area (Å²) in [7, 11) is 0. The molecule has 0 bridgehead atoms. The third-order valence-electron chi connectivity index (χ3n) is 7.08. The first-order valence-electron chi connectivity index (χ1n) is 12.9. The summed E-state index contributed by atoms with van der Waals surface area (Å²) in [5.74, 6) is -0.352. The Kier molecular flexibility index (Phi) is 7.32. The molecule has 5 rings (SSSR count). The minimum absolute atomic E-state index is 0.253. The Morgan fingerprint density at radius 3 is 2.49 bits per heavy atom. The van der Waals surface area contributed by atoms with Crippen LogP contribution in [0.15, 0.2) is 84.9 Å². The van der Waals surface area contributed by atoms with Gasteiger partial charge in [0.15, 0.2) is 0 Å². The number of rotatable bonds is 7. The quantitative estimate of drug-likeness (QED) is 0.321. The van der Waals surface area contributed by atoms with Crippen LogP contribution in [0.4, 0.5) is 10.1 Å². The highest BCUT2D eigenvalue weighted by atomic mass is 19.1. The zero-order valence-electron chi connectivity index (χ0n) is 21.9. The summed E-state index contributed by atoms with van der Waals surface area (Å²) in [6, 6.07) is 25.5. The Hall–Kier alpha value is -4.65. The van der Waals surface area contributed by atoms with Gasteiger partial charge in [-0.3, -0.25) is 9.59 Å². The molecule has 2 amide bonds. The fourth-order valence-corrected chi connectivity index (χ4v) is 4.78. The second-order valence-electron chi connectivity index (χ2n) is 9.76. The molecule has 0 fully saturated rings. The van der Waals surface area contributed by atoms with Gasteiger partial charge in [-0.15, -0.1) is 0 Å². The predicted octanol–water partition coefficient (Wildman–Crippen LogP) is 5.79. The first kappa shape index (κ1) is 26.0. The summed E-state index contributed by atoms with van der Waals surface area (Å²) in [6.07, 6.45) is 0. The first-order valence-corrected chi connectivity index (χ1v) is 12.9. The number of nitrogens with one attached hydrogen (secondary N) is 1. The molecule has 1 atom stereocenters. The zero-order valence-corrected chi connectivity index (χ0v) is 21.9. The number of nitrogens with zero attached hydrogens (tertiary/aromatic N) is 1. The van der Waals surface area contributed by atoms with Crippen LogP contribution in [0.1, 0.15) is 50.4 Å². The minimum Gasteiger partial charge on any atom is -0.490 e. The average Bonchev–Trinajstić information content (AvgIpc) is 2.94. The number of halogens is 1. The third-order valence-corrected chi connectivity index (χ3v) is 7.08. The van der Waals surface area contributed by atoms with Crippen LogP contribution in [0.3, 0.4) is 0 Å². The number of nitrogens with two attached hydrogens (primary N) is 1. The van der Waals surface area contributed by atoms with Gasteiger partial charge in [-0.25, -0.2) is 4.39 Å². The van der Waals surface area contributed by atoms with Gasteiger partial charge < -0.3 is 20.7 Å². The Balaban J connectivity index is 1.34. The predicted molar refractivity (Wildman–Crippen MR) is 150 cm³/mol. The van der Waals surface area contributed by atoms with Gasteiger partial charge in [0.25, 0.3) is 5.91 Å². The van der Waals surface area contributed by atoms with Crippen molar-refractivity contribution in [2.24, 2.45) is 5.73 Å². The van der Waals surface area contributed by atoms with Crippen LogP contribution in [-0.4, -0.2) is 25.0 Å². The Bertz CT molecular complexity index is 1530. The topological polar surface area (TPSA) is 84.7 Å². The molecule has 0 spiro atoms. The summed E-state index contributed by atoms with van der Waals surface area (Å²) in [5.41, 5.74) is 11.7. The van der Waals surface area contributed by atoms with Crippen LogP contribution >= 0.6 is 0 Å². The lowest BCUT2D eigenvalue weighted by Crippen LogP contribution is -2.33. The van der Waals surface area contributed by atoms with Crippen molar-refractivity contribution >= 4 is 17.5 Å². The van der Waals surface area contributed by atoms with Gasteiger partial charge in [-0.05, 0) is 78.1 Å². The molecule has 4 aromatic carbocycles. The number of hydrogen-bond donors (Lipinski definition) is 2. The Morgan fingerprint density at radius 1 is 1.00 bits per heavy atom. The smallest absolute Gasteiger partial charge is 0.251 e. The van der Waals surface area contributed by atoms with E-state index in [4.69, 9.17) is 10.5 Å². The first-order chi connectivity index (χ1) is 18.8. The SMILES string of the molecule is Cc1ccc(C(C)NC(=O)c2ccc3c(c2)OCCN3Cc2ccccc2-c2ccc(C(N)=O)cc2)cc1F.